The number of thiazole rings is 1. The van der Waals surface area contributed by atoms with Gasteiger partial charge in [0.1, 0.15) is 19.0 Å². The highest BCUT2D eigenvalue weighted by atomic mass is 35.5. The lowest BCUT2D eigenvalue weighted by atomic mass is 9.95. The van der Waals surface area contributed by atoms with Crippen molar-refractivity contribution in [2.24, 2.45) is 4.99 Å². The molecule has 10 heteroatoms. The lowest BCUT2D eigenvalue weighted by molar-refractivity contribution is -0.140. The molecule has 7 nitrogen and oxygen atoms in total. The van der Waals surface area contributed by atoms with Crippen LogP contribution >= 0.6 is 22.9 Å². The standard InChI is InChI=1S/C32H26ClFN2O5S/c1-4-15-40-25-14-13-21(16-26(25)39-3)29-28(31(38)41-18-20-9-6-5-7-10-20)19(2)35-32-36(29)30(37)27(42-32)17-22-23(33)11-8-12-24(22)34/h4-14,16-17,29H,1,15,18H2,2-3H3/b27-17-. The molecule has 0 saturated heterocycles. The number of halogens is 2. The molecular formula is C32H26ClFN2O5S. The number of hydrogen-bond donors (Lipinski definition) is 0. The van der Waals surface area contributed by atoms with Crippen LogP contribution in [0.2, 0.25) is 5.02 Å². The van der Waals surface area contributed by atoms with Gasteiger partial charge in [0.05, 0.1) is 34.0 Å². The number of aromatic nitrogens is 1. The van der Waals surface area contributed by atoms with Crippen LogP contribution in [-0.2, 0) is 16.1 Å². The molecule has 4 aromatic rings. The van der Waals surface area contributed by atoms with E-state index in [-0.39, 0.29) is 33.9 Å². The fourth-order valence-electron chi connectivity index (χ4n) is 4.60. The molecular weight excluding hydrogens is 579 g/mol. The van der Waals surface area contributed by atoms with Gasteiger partial charge in [0.2, 0.25) is 0 Å². The number of rotatable bonds is 9. The maximum Gasteiger partial charge on any atom is 0.338 e. The lowest BCUT2D eigenvalue weighted by Crippen LogP contribution is -2.40. The number of ether oxygens (including phenoxy) is 3. The SMILES string of the molecule is C=CCOc1ccc(C2C(C(=O)OCc3ccccc3)=C(C)N=c3s/c(=C\c4c(F)cccc4Cl)c(=O)n32)cc1OC. The van der Waals surface area contributed by atoms with Crippen LogP contribution in [-0.4, -0.2) is 24.3 Å². The Morgan fingerprint density at radius 3 is 2.64 bits per heavy atom. The summed E-state index contributed by atoms with van der Waals surface area (Å²) in [4.78, 5) is 32.5. The Hall–Kier alpha value is -4.47. The number of hydrogen-bond acceptors (Lipinski definition) is 7. The van der Waals surface area contributed by atoms with Gasteiger partial charge in [-0.05, 0) is 48.4 Å². The maximum absolute atomic E-state index is 14.6. The van der Waals surface area contributed by atoms with Crippen molar-refractivity contribution >= 4 is 35.0 Å². The van der Waals surface area contributed by atoms with E-state index in [0.717, 1.165) is 16.9 Å². The van der Waals surface area contributed by atoms with Gasteiger partial charge in [-0.3, -0.25) is 9.36 Å². The van der Waals surface area contributed by atoms with Gasteiger partial charge in [-0.25, -0.2) is 14.2 Å². The molecule has 1 aromatic heterocycles. The predicted molar refractivity (Wildman–Crippen MR) is 160 cm³/mol. The summed E-state index contributed by atoms with van der Waals surface area (Å²) < 4.78 is 33.2. The topological polar surface area (TPSA) is 79.1 Å². The highest BCUT2D eigenvalue weighted by molar-refractivity contribution is 7.07. The van der Waals surface area contributed by atoms with Crippen molar-refractivity contribution < 1.29 is 23.4 Å². The van der Waals surface area contributed by atoms with Gasteiger partial charge in [0, 0.05) is 5.56 Å². The van der Waals surface area contributed by atoms with E-state index in [1.54, 1.807) is 37.3 Å². The van der Waals surface area contributed by atoms with Crippen LogP contribution in [0.1, 0.15) is 29.7 Å². The van der Waals surface area contributed by atoms with Crippen molar-refractivity contribution in [1.29, 1.82) is 0 Å². The van der Waals surface area contributed by atoms with Gasteiger partial charge in [-0.2, -0.15) is 0 Å². The van der Waals surface area contributed by atoms with Crippen molar-refractivity contribution in [3.8, 4) is 11.5 Å². The van der Waals surface area contributed by atoms with Crippen molar-refractivity contribution in [2.45, 2.75) is 19.6 Å². The molecule has 1 aliphatic heterocycles. The largest absolute Gasteiger partial charge is 0.493 e. The van der Waals surface area contributed by atoms with Crippen LogP contribution in [0.4, 0.5) is 4.39 Å². The maximum atomic E-state index is 14.6. The monoisotopic (exact) mass is 604 g/mol. The highest BCUT2D eigenvalue weighted by Crippen LogP contribution is 2.36. The molecule has 0 saturated carbocycles. The Bertz CT molecular complexity index is 1860. The number of methoxy groups -OCH3 is 1. The van der Waals surface area contributed by atoms with Crippen LogP contribution in [0.15, 0.2) is 100 Å². The second kappa shape index (κ2) is 12.6. The number of nitrogens with zero attached hydrogens (tertiary/aromatic N) is 2. The Labute approximate surface area is 250 Å². The number of benzene rings is 3. The Balaban J connectivity index is 1.66. The quantitative estimate of drug-likeness (QED) is 0.190. The van der Waals surface area contributed by atoms with E-state index in [0.29, 0.717) is 27.6 Å². The van der Waals surface area contributed by atoms with Crippen molar-refractivity contribution in [2.75, 3.05) is 13.7 Å². The van der Waals surface area contributed by atoms with Crippen molar-refractivity contribution in [3.63, 3.8) is 0 Å². The van der Waals surface area contributed by atoms with E-state index in [2.05, 4.69) is 11.6 Å². The molecule has 1 aliphatic rings. The average Bonchev–Trinajstić information content (AvgIpc) is 3.30. The summed E-state index contributed by atoms with van der Waals surface area (Å²) in [6.45, 7) is 5.66. The molecule has 0 fully saturated rings. The average molecular weight is 605 g/mol. The molecule has 3 aromatic carbocycles. The molecule has 0 aliphatic carbocycles. The van der Waals surface area contributed by atoms with Crippen LogP contribution in [0.5, 0.6) is 11.5 Å². The molecule has 0 radical (unpaired) electrons. The van der Waals surface area contributed by atoms with E-state index < -0.39 is 23.4 Å². The van der Waals surface area contributed by atoms with Gasteiger partial charge < -0.3 is 14.2 Å². The third-order valence-electron chi connectivity index (χ3n) is 6.59. The van der Waals surface area contributed by atoms with Crippen LogP contribution < -0.4 is 24.4 Å². The molecule has 214 valence electrons. The minimum atomic E-state index is -0.912. The summed E-state index contributed by atoms with van der Waals surface area (Å²) in [6.07, 6.45) is 3.01. The van der Waals surface area contributed by atoms with Crippen molar-refractivity contribution in [1.82, 2.24) is 4.57 Å². The fraction of sp³-hybridized carbons (Fsp3) is 0.156. The summed E-state index contributed by atoms with van der Waals surface area (Å²) in [5.41, 5.74) is 1.58. The van der Waals surface area contributed by atoms with Crippen LogP contribution in [0, 0.1) is 5.82 Å². The first-order valence-electron chi connectivity index (χ1n) is 12.9. The van der Waals surface area contributed by atoms with Gasteiger partial charge in [0.15, 0.2) is 16.3 Å². The number of carbonyl (C=O) groups is 1. The third-order valence-corrected chi connectivity index (χ3v) is 7.90. The third kappa shape index (κ3) is 5.79. The molecule has 0 N–H and O–H groups in total. The van der Waals surface area contributed by atoms with E-state index >= 15 is 0 Å². The highest BCUT2D eigenvalue weighted by Gasteiger charge is 2.34. The Kier molecular flexibility index (Phi) is 8.70. The van der Waals surface area contributed by atoms with Crippen LogP contribution in [0.3, 0.4) is 0 Å². The summed E-state index contributed by atoms with van der Waals surface area (Å²) in [5, 5.41) is 0.165. The minimum Gasteiger partial charge on any atom is -0.493 e. The summed E-state index contributed by atoms with van der Waals surface area (Å²) in [6, 6.07) is 17.8. The Morgan fingerprint density at radius 1 is 1.14 bits per heavy atom. The first kappa shape index (κ1) is 29.0. The Morgan fingerprint density at radius 2 is 1.93 bits per heavy atom. The van der Waals surface area contributed by atoms with Crippen molar-refractivity contribution in [3.05, 3.63) is 138 Å². The molecule has 1 atom stereocenters. The summed E-state index contributed by atoms with van der Waals surface area (Å²) in [5.74, 6) is -0.313. The number of esters is 1. The van der Waals surface area contributed by atoms with Gasteiger partial charge in [0.25, 0.3) is 5.56 Å². The van der Waals surface area contributed by atoms with Crippen LogP contribution in [0.25, 0.3) is 6.08 Å². The van der Waals surface area contributed by atoms with Gasteiger partial charge in [-0.15, -0.1) is 0 Å². The zero-order valence-electron chi connectivity index (χ0n) is 22.8. The number of carbonyl (C=O) groups excluding carboxylic acids is 1. The molecule has 42 heavy (non-hydrogen) atoms. The first-order chi connectivity index (χ1) is 20.3. The molecule has 1 unspecified atom stereocenters. The minimum absolute atomic E-state index is 0.0387. The first-order valence-corrected chi connectivity index (χ1v) is 14.1. The fourth-order valence-corrected chi connectivity index (χ4v) is 5.85. The molecule has 0 amide bonds. The molecule has 5 rings (SSSR count). The second-order valence-corrected chi connectivity index (χ2v) is 10.7. The smallest absolute Gasteiger partial charge is 0.338 e. The molecule has 0 bridgehead atoms. The number of allylic oxidation sites excluding steroid dienone is 1. The summed E-state index contributed by atoms with van der Waals surface area (Å²) >= 11 is 7.31. The zero-order valence-corrected chi connectivity index (χ0v) is 24.4. The number of fused-ring (bicyclic) bond motifs is 1. The van der Waals surface area contributed by atoms with Gasteiger partial charge in [-0.1, -0.05) is 78.1 Å². The van der Waals surface area contributed by atoms with E-state index in [1.165, 1.54) is 29.9 Å². The summed E-state index contributed by atoms with van der Waals surface area (Å²) in [7, 11) is 1.50. The lowest BCUT2D eigenvalue weighted by Gasteiger charge is -2.25. The zero-order chi connectivity index (χ0) is 29.8. The molecule has 2 heterocycles. The predicted octanol–water partition coefficient (Wildman–Crippen LogP) is 5.34. The molecule has 0 spiro atoms. The van der Waals surface area contributed by atoms with E-state index in [4.69, 9.17) is 25.8 Å². The van der Waals surface area contributed by atoms with E-state index in [9.17, 15) is 14.0 Å². The second-order valence-electron chi connectivity index (χ2n) is 9.29. The normalized spacial score (nSPS) is 14.7. The van der Waals surface area contributed by atoms with Gasteiger partial charge >= 0.3 is 5.97 Å². The van der Waals surface area contributed by atoms with E-state index in [1.807, 2.05) is 30.3 Å².